The topological polar surface area (TPSA) is 77.2 Å². The average molecular weight is 257 g/mol. The van der Waals surface area contributed by atoms with Crippen LogP contribution in [0.3, 0.4) is 0 Å². The SMILES string of the molecule is Cc1ccc(OCc2ccccc2C(=O)NN)cn1. The molecule has 2 rings (SSSR count). The molecule has 3 N–H and O–H groups in total. The van der Waals surface area contributed by atoms with Gasteiger partial charge in [-0.2, -0.15) is 0 Å². The van der Waals surface area contributed by atoms with Gasteiger partial charge in [0.2, 0.25) is 0 Å². The van der Waals surface area contributed by atoms with Crippen LogP contribution < -0.4 is 16.0 Å². The number of benzene rings is 1. The molecule has 1 aromatic heterocycles. The summed E-state index contributed by atoms with van der Waals surface area (Å²) in [6.45, 7) is 2.19. The van der Waals surface area contributed by atoms with Gasteiger partial charge in [-0.1, -0.05) is 18.2 Å². The van der Waals surface area contributed by atoms with Gasteiger partial charge in [0.15, 0.2) is 0 Å². The first kappa shape index (κ1) is 13.0. The van der Waals surface area contributed by atoms with Crippen LogP contribution in [0.1, 0.15) is 21.6 Å². The average Bonchev–Trinajstić information content (AvgIpc) is 2.46. The summed E-state index contributed by atoms with van der Waals surface area (Å²) in [5.41, 5.74) is 4.32. The Bertz CT molecular complexity index is 567. The Morgan fingerprint density at radius 3 is 2.79 bits per heavy atom. The zero-order chi connectivity index (χ0) is 13.7. The molecule has 0 aliphatic carbocycles. The standard InChI is InChI=1S/C14H15N3O2/c1-10-6-7-12(8-16-10)19-9-11-4-2-3-5-13(11)14(18)17-15/h2-8H,9,15H2,1H3,(H,17,18). The van der Waals surface area contributed by atoms with Crippen LogP contribution in [0.25, 0.3) is 0 Å². The molecular weight excluding hydrogens is 242 g/mol. The van der Waals surface area contributed by atoms with Crippen LogP contribution in [0.5, 0.6) is 5.75 Å². The Morgan fingerprint density at radius 1 is 1.32 bits per heavy atom. The number of hydrogen-bond acceptors (Lipinski definition) is 4. The summed E-state index contributed by atoms with van der Waals surface area (Å²) < 4.78 is 5.60. The number of ether oxygens (including phenoxy) is 1. The van der Waals surface area contributed by atoms with E-state index in [2.05, 4.69) is 10.4 Å². The van der Waals surface area contributed by atoms with Crippen molar-refractivity contribution in [2.75, 3.05) is 0 Å². The minimum atomic E-state index is -0.332. The molecule has 0 fully saturated rings. The lowest BCUT2D eigenvalue weighted by Crippen LogP contribution is -2.30. The van der Waals surface area contributed by atoms with Gasteiger partial charge < -0.3 is 4.74 Å². The van der Waals surface area contributed by atoms with Gasteiger partial charge in [0, 0.05) is 16.8 Å². The van der Waals surface area contributed by atoms with Gasteiger partial charge in [-0.15, -0.1) is 0 Å². The largest absolute Gasteiger partial charge is 0.487 e. The van der Waals surface area contributed by atoms with Gasteiger partial charge in [-0.3, -0.25) is 15.2 Å². The summed E-state index contributed by atoms with van der Waals surface area (Å²) in [7, 11) is 0. The van der Waals surface area contributed by atoms with Crippen LogP contribution in [0, 0.1) is 6.92 Å². The quantitative estimate of drug-likeness (QED) is 0.495. The number of nitrogen functional groups attached to an aromatic ring is 1. The maximum atomic E-state index is 11.6. The van der Waals surface area contributed by atoms with E-state index in [4.69, 9.17) is 10.6 Å². The number of carbonyl (C=O) groups excluding carboxylic acids is 1. The summed E-state index contributed by atoms with van der Waals surface area (Å²) >= 11 is 0. The minimum Gasteiger partial charge on any atom is -0.487 e. The molecule has 0 bridgehead atoms. The summed E-state index contributed by atoms with van der Waals surface area (Å²) in [6, 6.07) is 10.9. The molecule has 0 radical (unpaired) electrons. The number of pyridine rings is 1. The number of nitrogens with zero attached hydrogens (tertiary/aromatic N) is 1. The molecule has 2 aromatic rings. The molecule has 1 aromatic carbocycles. The van der Waals surface area contributed by atoms with E-state index in [0.717, 1.165) is 11.3 Å². The Kier molecular flexibility index (Phi) is 4.10. The zero-order valence-electron chi connectivity index (χ0n) is 10.6. The number of aryl methyl sites for hydroxylation is 1. The molecule has 0 atom stereocenters. The smallest absolute Gasteiger partial charge is 0.265 e. The van der Waals surface area contributed by atoms with E-state index in [1.165, 1.54) is 0 Å². The highest BCUT2D eigenvalue weighted by Crippen LogP contribution is 2.14. The Hall–Kier alpha value is -2.40. The Morgan fingerprint density at radius 2 is 2.11 bits per heavy atom. The number of hydrogen-bond donors (Lipinski definition) is 2. The molecule has 19 heavy (non-hydrogen) atoms. The summed E-state index contributed by atoms with van der Waals surface area (Å²) in [4.78, 5) is 15.7. The lowest BCUT2D eigenvalue weighted by Gasteiger charge is -2.10. The molecule has 0 saturated heterocycles. The number of hydrazine groups is 1. The molecule has 0 aliphatic heterocycles. The number of rotatable bonds is 4. The third-order valence-electron chi connectivity index (χ3n) is 2.67. The maximum absolute atomic E-state index is 11.6. The maximum Gasteiger partial charge on any atom is 0.265 e. The summed E-state index contributed by atoms with van der Waals surface area (Å²) in [5.74, 6) is 5.48. The van der Waals surface area contributed by atoms with E-state index in [0.29, 0.717) is 11.3 Å². The van der Waals surface area contributed by atoms with Gasteiger partial charge in [-0.25, -0.2) is 5.84 Å². The molecule has 0 saturated carbocycles. The van der Waals surface area contributed by atoms with Crippen molar-refractivity contribution in [3.05, 3.63) is 59.4 Å². The van der Waals surface area contributed by atoms with Crippen molar-refractivity contribution in [2.45, 2.75) is 13.5 Å². The third kappa shape index (κ3) is 3.29. The van der Waals surface area contributed by atoms with Crippen molar-refractivity contribution < 1.29 is 9.53 Å². The number of carbonyl (C=O) groups is 1. The van der Waals surface area contributed by atoms with Crippen LogP contribution in [0.4, 0.5) is 0 Å². The molecule has 0 spiro atoms. The van der Waals surface area contributed by atoms with E-state index in [1.54, 1.807) is 18.3 Å². The highest BCUT2D eigenvalue weighted by molar-refractivity contribution is 5.95. The van der Waals surface area contributed by atoms with Crippen LogP contribution in [0.15, 0.2) is 42.6 Å². The van der Waals surface area contributed by atoms with Gasteiger partial charge in [0.25, 0.3) is 5.91 Å². The monoisotopic (exact) mass is 257 g/mol. The van der Waals surface area contributed by atoms with E-state index in [1.807, 2.05) is 31.2 Å². The first-order valence-electron chi connectivity index (χ1n) is 5.85. The van der Waals surface area contributed by atoms with Crippen molar-refractivity contribution in [1.29, 1.82) is 0 Å². The van der Waals surface area contributed by atoms with Crippen LogP contribution in [0.2, 0.25) is 0 Å². The van der Waals surface area contributed by atoms with Gasteiger partial charge >= 0.3 is 0 Å². The minimum absolute atomic E-state index is 0.286. The molecule has 1 amide bonds. The number of aromatic nitrogens is 1. The van der Waals surface area contributed by atoms with Crippen LogP contribution >= 0.6 is 0 Å². The lowest BCUT2D eigenvalue weighted by molar-refractivity contribution is 0.0951. The van der Waals surface area contributed by atoms with Gasteiger partial charge in [-0.05, 0) is 25.1 Å². The van der Waals surface area contributed by atoms with Crippen molar-refractivity contribution in [1.82, 2.24) is 10.4 Å². The van der Waals surface area contributed by atoms with Crippen molar-refractivity contribution >= 4 is 5.91 Å². The molecule has 98 valence electrons. The Labute approximate surface area is 111 Å². The van der Waals surface area contributed by atoms with Crippen LogP contribution in [-0.4, -0.2) is 10.9 Å². The summed E-state index contributed by atoms with van der Waals surface area (Å²) in [6.07, 6.45) is 1.65. The lowest BCUT2D eigenvalue weighted by atomic mass is 10.1. The van der Waals surface area contributed by atoms with Crippen molar-refractivity contribution in [3.8, 4) is 5.75 Å². The fourth-order valence-corrected chi connectivity index (χ4v) is 1.65. The first-order valence-corrected chi connectivity index (χ1v) is 5.85. The molecule has 0 unspecified atom stereocenters. The van der Waals surface area contributed by atoms with E-state index in [-0.39, 0.29) is 12.5 Å². The van der Waals surface area contributed by atoms with Gasteiger partial charge in [0.1, 0.15) is 12.4 Å². The fraction of sp³-hybridized carbons (Fsp3) is 0.143. The second-order valence-electron chi connectivity index (χ2n) is 4.05. The fourth-order valence-electron chi connectivity index (χ4n) is 1.65. The number of nitrogens with two attached hydrogens (primary N) is 1. The molecule has 5 nitrogen and oxygen atoms in total. The van der Waals surface area contributed by atoms with Crippen LogP contribution in [-0.2, 0) is 6.61 Å². The molecular formula is C14H15N3O2. The zero-order valence-corrected chi connectivity index (χ0v) is 10.6. The highest BCUT2D eigenvalue weighted by atomic mass is 16.5. The predicted octanol–water partition coefficient (Wildman–Crippen LogP) is 1.57. The predicted molar refractivity (Wildman–Crippen MR) is 71.4 cm³/mol. The van der Waals surface area contributed by atoms with E-state index < -0.39 is 0 Å². The van der Waals surface area contributed by atoms with E-state index >= 15 is 0 Å². The highest BCUT2D eigenvalue weighted by Gasteiger charge is 2.09. The summed E-state index contributed by atoms with van der Waals surface area (Å²) in [5, 5.41) is 0. The number of nitrogens with one attached hydrogen (secondary N) is 1. The normalized spacial score (nSPS) is 10.0. The second-order valence-corrected chi connectivity index (χ2v) is 4.05. The van der Waals surface area contributed by atoms with Crippen molar-refractivity contribution in [2.24, 2.45) is 5.84 Å². The first-order chi connectivity index (χ1) is 9.20. The molecule has 5 heteroatoms. The Balaban J connectivity index is 2.11. The molecule has 0 aliphatic rings. The number of amides is 1. The van der Waals surface area contributed by atoms with Crippen molar-refractivity contribution in [3.63, 3.8) is 0 Å². The second kappa shape index (κ2) is 5.97. The van der Waals surface area contributed by atoms with Gasteiger partial charge in [0.05, 0.1) is 6.20 Å². The third-order valence-corrected chi connectivity index (χ3v) is 2.67. The van der Waals surface area contributed by atoms with E-state index in [9.17, 15) is 4.79 Å². The molecule has 1 heterocycles.